The largest absolute Gasteiger partial charge is 0.492 e. The van der Waals surface area contributed by atoms with Crippen molar-refractivity contribution < 1.29 is 14.6 Å². The van der Waals surface area contributed by atoms with Crippen molar-refractivity contribution in [2.45, 2.75) is 45.2 Å². The number of fused-ring (bicyclic) bond motifs is 2. The molecule has 130 valence electrons. The number of benzene rings is 1. The molecule has 0 aliphatic carbocycles. The molecule has 1 amide bonds. The number of unbranched alkanes of at least 4 members (excludes halogenated alkanes) is 2. The smallest absolute Gasteiger partial charge is 0.249 e. The second kappa shape index (κ2) is 7.40. The molecule has 2 aliphatic rings. The first-order chi connectivity index (χ1) is 11.7. The van der Waals surface area contributed by atoms with Crippen LogP contribution < -0.4 is 10.1 Å². The molecular weight excluding hydrogens is 330 g/mol. The molecular formula is C17H22ClN3O3. The fraction of sp³-hybridized carbons (Fsp3) is 0.529. The molecule has 0 radical (unpaired) electrons. The van der Waals surface area contributed by atoms with E-state index in [-0.39, 0.29) is 18.6 Å². The van der Waals surface area contributed by atoms with Crippen LogP contribution in [0.2, 0.25) is 5.02 Å². The maximum Gasteiger partial charge on any atom is 0.249 e. The Labute approximate surface area is 146 Å². The van der Waals surface area contributed by atoms with Gasteiger partial charge in [0.1, 0.15) is 11.8 Å². The van der Waals surface area contributed by atoms with Gasteiger partial charge in [-0.1, -0.05) is 18.5 Å². The normalized spacial score (nSPS) is 18.8. The van der Waals surface area contributed by atoms with Gasteiger partial charge in [0.05, 0.1) is 23.9 Å². The van der Waals surface area contributed by atoms with Crippen LogP contribution in [0, 0.1) is 0 Å². The molecule has 6 nitrogen and oxygen atoms in total. The summed E-state index contributed by atoms with van der Waals surface area (Å²) in [4.78, 5) is 18.5. The van der Waals surface area contributed by atoms with E-state index in [1.165, 1.54) is 0 Å². The maximum absolute atomic E-state index is 12.0. The number of aliphatic hydroxyl groups is 1. The summed E-state index contributed by atoms with van der Waals surface area (Å²) in [5, 5.41) is 12.2. The van der Waals surface area contributed by atoms with Crippen molar-refractivity contribution >= 4 is 29.2 Å². The fourth-order valence-electron chi connectivity index (χ4n) is 3.05. The van der Waals surface area contributed by atoms with Crippen molar-refractivity contribution in [1.29, 1.82) is 0 Å². The van der Waals surface area contributed by atoms with Crippen molar-refractivity contribution in [2.24, 2.45) is 4.99 Å². The second-order valence-corrected chi connectivity index (χ2v) is 6.36. The fourth-order valence-corrected chi connectivity index (χ4v) is 3.32. The van der Waals surface area contributed by atoms with E-state index in [4.69, 9.17) is 21.4 Å². The predicted molar refractivity (Wildman–Crippen MR) is 92.7 cm³/mol. The van der Waals surface area contributed by atoms with Gasteiger partial charge < -0.3 is 14.7 Å². The van der Waals surface area contributed by atoms with E-state index in [0.717, 1.165) is 36.9 Å². The molecule has 2 aliphatic heterocycles. The Bertz CT molecular complexity index is 663. The standard InChI is InChI=1S/C17H22ClN3O3/c1-2-13-16(23)20-17-19-12-6-7-14(24-9-5-3-4-8-22)15(18)11(12)10-21(13)17/h6-7,13,22H,2-5,8-10H2,1H3,(H,19,20,23). The number of ether oxygens (including phenoxy) is 1. The number of rotatable bonds is 7. The summed E-state index contributed by atoms with van der Waals surface area (Å²) >= 11 is 6.52. The van der Waals surface area contributed by atoms with E-state index >= 15 is 0 Å². The number of aliphatic hydroxyl groups excluding tert-OH is 1. The summed E-state index contributed by atoms with van der Waals surface area (Å²) in [5.74, 6) is 1.23. The van der Waals surface area contributed by atoms with E-state index < -0.39 is 0 Å². The average molecular weight is 352 g/mol. The van der Waals surface area contributed by atoms with Crippen LogP contribution in [0.15, 0.2) is 17.1 Å². The van der Waals surface area contributed by atoms with Gasteiger partial charge in [0.15, 0.2) is 0 Å². The Morgan fingerprint density at radius 1 is 1.42 bits per heavy atom. The summed E-state index contributed by atoms with van der Waals surface area (Å²) in [6.45, 7) is 3.30. The minimum atomic E-state index is -0.198. The lowest BCUT2D eigenvalue weighted by molar-refractivity contribution is -0.121. The summed E-state index contributed by atoms with van der Waals surface area (Å²) in [5.41, 5.74) is 1.67. The number of nitrogens with one attached hydrogen (secondary N) is 1. The Balaban J connectivity index is 1.74. The van der Waals surface area contributed by atoms with Crippen LogP contribution in [0.3, 0.4) is 0 Å². The SMILES string of the molecule is CCC1C(=O)NC2=Nc3ccc(OCCCCCO)c(Cl)c3CN21. The maximum atomic E-state index is 12.0. The van der Waals surface area contributed by atoms with Crippen LogP contribution >= 0.6 is 11.6 Å². The lowest BCUT2D eigenvalue weighted by atomic mass is 10.1. The van der Waals surface area contributed by atoms with Crippen molar-refractivity contribution in [2.75, 3.05) is 13.2 Å². The van der Waals surface area contributed by atoms with Crippen molar-refractivity contribution in [3.63, 3.8) is 0 Å². The van der Waals surface area contributed by atoms with E-state index in [2.05, 4.69) is 10.3 Å². The highest BCUT2D eigenvalue weighted by molar-refractivity contribution is 6.33. The number of hydrogen-bond acceptors (Lipinski definition) is 5. The van der Waals surface area contributed by atoms with Gasteiger partial charge in [-0.15, -0.1) is 0 Å². The van der Waals surface area contributed by atoms with Crippen LogP contribution in [-0.2, 0) is 11.3 Å². The van der Waals surface area contributed by atoms with Gasteiger partial charge in [-0.25, -0.2) is 4.99 Å². The third-order valence-corrected chi connectivity index (χ3v) is 4.78. The Morgan fingerprint density at radius 2 is 2.25 bits per heavy atom. The number of halogens is 1. The van der Waals surface area contributed by atoms with Gasteiger partial charge in [0.25, 0.3) is 0 Å². The van der Waals surface area contributed by atoms with Gasteiger partial charge in [0, 0.05) is 12.2 Å². The van der Waals surface area contributed by atoms with Crippen LogP contribution in [0.4, 0.5) is 5.69 Å². The zero-order chi connectivity index (χ0) is 17.1. The minimum Gasteiger partial charge on any atom is -0.492 e. The minimum absolute atomic E-state index is 0.0134. The van der Waals surface area contributed by atoms with Gasteiger partial charge >= 0.3 is 0 Å². The van der Waals surface area contributed by atoms with Gasteiger partial charge in [0.2, 0.25) is 11.9 Å². The average Bonchev–Trinajstić information content (AvgIpc) is 2.89. The second-order valence-electron chi connectivity index (χ2n) is 5.98. The monoisotopic (exact) mass is 351 g/mol. The molecule has 24 heavy (non-hydrogen) atoms. The number of hydrogen-bond donors (Lipinski definition) is 2. The third kappa shape index (κ3) is 3.21. The molecule has 7 heteroatoms. The summed E-state index contributed by atoms with van der Waals surface area (Å²) in [6, 6.07) is 3.50. The molecule has 1 aromatic rings. The first kappa shape index (κ1) is 17.0. The van der Waals surface area contributed by atoms with Crippen LogP contribution in [0.1, 0.15) is 38.2 Å². The first-order valence-electron chi connectivity index (χ1n) is 8.37. The molecule has 1 atom stereocenters. The lowest BCUT2D eigenvalue weighted by Gasteiger charge is -2.28. The molecule has 2 heterocycles. The number of aliphatic imine (C=N–C) groups is 1. The molecule has 1 unspecified atom stereocenters. The molecule has 0 aromatic heterocycles. The highest BCUT2D eigenvalue weighted by atomic mass is 35.5. The molecule has 1 fully saturated rings. The topological polar surface area (TPSA) is 74.2 Å². The predicted octanol–water partition coefficient (Wildman–Crippen LogP) is 2.59. The third-order valence-electron chi connectivity index (χ3n) is 4.37. The van der Waals surface area contributed by atoms with Crippen molar-refractivity contribution in [1.82, 2.24) is 10.2 Å². The van der Waals surface area contributed by atoms with E-state index in [9.17, 15) is 4.79 Å². The number of carbonyl (C=O) groups is 1. The van der Waals surface area contributed by atoms with Gasteiger partial charge in [-0.2, -0.15) is 0 Å². The summed E-state index contributed by atoms with van der Waals surface area (Å²) < 4.78 is 5.77. The van der Waals surface area contributed by atoms with Crippen LogP contribution in [-0.4, -0.2) is 41.1 Å². The Kier molecular flexibility index (Phi) is 5.26. The number of carbonyl (C=O) groups excluding carboxylic acids is 1. The number of amides is 1. The molecule has 1 saturated heterocycles. The molecule has 2 N–H and O–H groups in total. The van der Waals surface area contributed by atoms with E-state index in [1.54, 1.807) is 0 Å². The first-order valence-corrected chi connectivity index (χ1v) is 8.74. The van der Waals surface area contributed by atoms with Gasteiger partial charge in [-0.3, -0.25) is 10.1 Å². The molecule has 0 spiro atoms. The van der Waals surface area contributed by atoms with Gasteiger partial charge in [-0.05, 0) is 37.8 Å². The summed E-state index contributed by atoms with van der Waals surface area (Å²) in [6.07, 6.45) is 3.30. The molecule has 1 aromatic carbocycles. The highest BCUT2D eigenvalue weighted by Gasteiger charge is 2.38. The summed E-state index contributed by atoms with van der Waals surface area (Å²) in [7, 11) is 0. The lowest BCUT2D eigenvalue weighted by Crippen LogP contribution is -2.36. The van der Waals surface area contributed by atoms with E-state index in [1.807, 2.05) is 24.0 Å². The quantitative estimate of drug-likeness (QED) is 0.740. The number of nitrogens with zero attached hydrogens (tertiary/aromatic N) is 2. The van der Waals surface area contributed by atoms with Crippen LogP contribution in [0.25, 0.3) is 0 Å². The number of guanidine groups is 1. The zero-order valence-corrected chi connectivity index (χ0v) is 14.5. The molecule has 3 rings (SSSR count). The Morgan fingerprint density at radius 3 is 3.00 bits per heavy atom. The Hall–Kier alpha value is -1.79. The van der Waals surface area contributed by atoms with E-state index in [0.29, 0.717) is 29.9 Å². The molecule has 0 saturated carbocycles. The zero-order valence-electron chi connectivity index (χ0n) is 13.7. The van der Waals surface area contributed by atoms with Crippen LogP contribution in [0.5, 0.6) is 5.75 Å². The van der Waals surface area contributed by atoms with Crippen molar-refractivity contribution in [3.05, 3.63) is 22.7 Å². The molecule has 0 bridgehead atoms. The van der Waals surface area contributed by atoms with Crippen molar-refractivity contribution in [3.8, 4) is 5.75 Å². The highest BCUT2D eigenvalue weighted by Crippen LogP contribution is 2.39.